The highest BCUT2D eigenvalue weighted by molar-refractivity contribution is 5.99. The van der Waals surface area contributed by atoms with Crippen molar-refractivity contribution in [3.63, 3.8) is 0 Å². The Morgan fingerprint density at radius 2 is 1.92 bits per heavy atom. The Hall–Kier alpha value is -2.02. The molecular weight excluding hydrogens is 323 g/mol. The minimum Gasteiger partial charge on any atom is -0.488 e. The number of nitrogens with zero attached hydrogens (tertiary/aromatic N) is 1. The van der Waals surface area contributed by atoms with Gasteiger partial charge in [0, 0.05) is 18.7 Å². The topological polar surface area (TPSA) is 49.8 Å². The number of para-hydroxylation sites is 1. The first kappa shape index (κ1) is 16.8. The fraction of sp³-hybridized carbons (Fsp3) is 0.471. The molecule has 0 aliphatic carbocycles. The second kappa shape index (κ2) is 6.47. The van der Waals surface area contributed by atoms with Crippen molar-refractivity contribution in [2.24, 2.45) is 5.92 Å². The maximum Gasteiger partial charge on any atom is 0.414 e. The Bertz CT molecular complexity index is 649. The number of carbonyl (C=O) groups excluding carboxylic acids is 1. The predicted molar refractivity (Wildman–Crippen MR) is 81.3 cm³/mol. The summed E-state index contributed by atoms with van der Waals surface area (Å²) in [6.45, 7) is 0.562. The van der Waals surface area contributed by atoms with E-state index in [9.17, 15) is 23.1 Å². The molecule has 1 unspecified atom stereocenters. The second-order valence-electron chi connectivity index (χ2n) is 6.11. The van der Waals surface area contributed by atoms with E-state index in [0.29, 0.717) is 11.3 Å². The van der Waals surface area contributed by atoms with E-state index in [2.05, 4.69) is 0 Å². The molecular formula is C17H18F3NO3. The van der Waals surface area contributed by atoms with Crippen LogP contribution in [0.15, 0.2) is 29.8 Å². The van der Waals surface area contributed by atoms with E-state index in [4.69, 9.17) is 4.74 Å². The molecule has 3 rings (SSSR count). The summed E-state index contributed by atoms with van der Waals surface area (Å²) in [7, 11) is 0. The first-order valence-electron chi connectivity index (χ1n) is 7.82. The number of carbonyl (C=O) groups is 1. The van der Waals surface area contributed by atoms with Gasteiger partial charge in [0.15, 0.2) is 6.10 Å². The SMILES string of the molecule is O=C(C1=Cc2ccccc2OC1)N1CCC(C(O)C(F)(F)F)CC1. The average Bonchev–Trinajstić information content (AvgIpc) is 2.59. The molecule has 4 nitrogen and oxygen atoms in total. The van der Waals surface area contributed by atoms with Crippen LogP contribution >= 0.6 is 0 Å². The largest absolute Gasteiger partial charge is 0.488 e. The van der Waals surface area contributed by atoms with Gasteiger partial charge in [0.2, 0.25) is 0 Å². The van der Waals surface area contributed by atoms with Crippen LogP contribution in [0.3, 0.4) is 0 Å². The van der Waals surface area contributed by atoms with Gasteiger partial charge in [0.1, 0.15) is 12.4 Å². The van der Waals surface area contributed by atoms with Gasteiger partial charge in [-0.2, -0.15) is 13.2 Å². The van der Waals surface area contributed by atoms with E-state index in [1.54, 1.807) is 6.08 Å². The number of aliphatic hydroxyl groups is 1. The molecule has 2 heterocycles. The van der Waals surface area contributed by atoms with Crippen LogP contribution < -0.4 is 4.74 Å². The predicted octanol–water partition coefficient (Wildman–Crippen LogP) is 2.62. The molecule has 0 saturated carbocycles. The van der Waals surface area contributed by atoms with Gasteiger partial charge in [0.25, 0.3) is 5.91 Å². The number of halogens is 3. The molecule has 7 heteroatoms. The standard InChI is InChI=1S/C17H18F3NO3/c18-17(19,20)15(22)11-5-7-21(8-6-11)16(23)13-9-12-3-1-2-4-14(12)24-10-13/h1-4,9,11,15,22H,5-8,10H2. The number of aliphatic hydroxyl groups excluding tert-OH is 1. The average molecular weight is 341 g/mol. The first-order valence-corrected chi connectivity index (χ1v) is 7.82. The van der Waals surface area contributed by atoms with Gasteiger partial charge in [-0.1, -0.05) is 18.2 Å². The molecule has 1 fully saturated rings. The quantitative estimate of drug-likeness (QED) is 0.900. The van der Waals surface area contributed by atoms with Crippen molar-refractivity contribution >= 4 is 12.0 Å². The molecule has 1 N–H and O–H groups in total. The van der Waals surface area contributed by atoms with Crippen LogP contribution in [-0.2, 0) is 4.79 Å². The lowest BCUT2D eigenvalue weighted by Crippen LogP contribution is -2.46. The number of ether oxygens (including phenoxy) is 1. The molecule has 1 amide bonds. The van der Waals surface area contributed by atoms with Crippen LogP contribution in [0.2, 0.25) is 0 Å². The van der Waals surface area contributed by atoms with Gasteiger partial charge in [-0.3, -0.25) is 4.79 Å². The molecule has 2 aliphatic rings. The molecule has 0 radical (unpaired) electrons. The van der Waals surface area contributed by atoms with Crippen molar-refractivity contribution in [3.8, 4) is 5.75 Å². The lowest BCUT2D eigenvalue weighted by Gasteiger charge is -2.35. The lowest BCUT2D eigenvalue weighted by molar-refractivity contribution is -0.222. The van der Waals surface area contributed by atoms with E-state index in [1.807, 2.05) is 24.3 Å². The summed E-state index contributed by atoms with van der Waals surface area (Å²) in [5.74, 6) is -0.364. The van der Waals surface area contributed by atoms with Gasteiger partial charge < -0.3 is 14.7 Å². The Labute approximate surface area is 137 Å². The third-order valence-electron chi connectivity index (χ3n) is 4.52. The number of rotatable bonds is 2. The van der Waals surface area contributed by atoms with Crippen molar-refractivity contribution in [1.29, 1.82) is 0 Å². The number of alkyl halides is 3. The highest BCUT2D eigenvalue weighted by atomic mass is 19.4. The maximum atomic E-state index is 12.6. The molecule has 1 saturated heterocycles. The summed E-state index contributed by atoms with van der Waals surface area (Å²) in [5, 5.41) is 9.33. The zero-order chi connectivity index (χ0) is 17.3. The third kappa shape index (κ3) is 3.40. The molecule has 24 heavy (non-hydrogen) atoms. The van der Waals surface area contributed by atoms with Crippen LogP contribution in [0.4, 0.5) is 13.2 Å². The highest BCUT2D eigenvalue weighted by Crippen LogP contribution is 2.32. The van der Waals surface area contributed by atoms with E-state index in [-0.39, 0.29) is 38.4 Å². The number of benzene rings is 1. The van der Waals surface area contributed by atoms with Gasteiger partial charge in [-0.05, 0) is 30.9 Å². The van der Waals surface area contributed by atoms with E-state index < -0.39 is 18.2 Å². The van der Waals surface area contributed by atoms with Crippen molar-refractivity contribution in [2.75, 3.05) is 19.7 Å². The van der Waals surface area contributed by atoms with Gasteiger partial charge in [-0.15, -0.1) is 0 Å². The van der Waals surface area contributed by atoms with Crippen LogP contribution in [0.5, 0.6) is 5.75 Å². The molecule has 1 aromatic rings. The molecule has 2 aliphatic heterocycles. The second-order valence-corrected chi connectivity index (χ2v) is 6.11. The van der Waals surface area contributed by atoms with Crippen LogP contribution in [-0.4, -0.2) is 47.9 Å². The number of amides is 1. The monoisotopic (exact) mass is 341 g/mol. The minimum atomic E-state index is -4.61. The lowest BCUT2D eigenvalue weighted by atomic mass is 9.90. The van der Waals surface area contributed by atoms with Crippen molar-refractivity contribution in [1.82, 2.24) is 4.90 Å². The zero-order valence-electron chi connectivity index (χ0n) is 12.9. The Balaban J connectivity index is 1.63. The molecule has 130 valence electrons. The van der Waals surface area contributed by atoms with E-state index in [1.165, 1.54) is 4.90 Å². The molecule has 1 aromatic carbocycles. The number of piperidine rings is 1. The Morgan fingerprint density at radius 3 is 2.58 bits per heavy atom. The molecule has 0 bridgehead atoms. The Kier molecular flexibility index (Phi) is 4.54. The number of likely N-dealkylation sites (tertiary alicyclic amines) is 1. The zero-order valence-corrected chi connectivity index (χ0v) is 12.9. The van der Waals surface area contributed by atoms with Crippen LogP contribution in [0.25, 0.3) is 6.08 Å². The minimum absolute atomic E-state index is 0.136. The summed E-state index contributed by atoms with van der Waals surface area (Å²) < 4.78 is 43.2. The number of hydrogen-bond acceptors (Lipinski definition) is 3. The third-order valence-corrected chi connectivity index (χ3v) is 4.52. The van der Waals surface area contributed by atoms with Crippen molar-refractivity contribution in [3.05, 3.63) is 35.4 Å². The fourth-order valence-electron chi connectivity index (χ4n) is 3.13. The normalized spacial score (nSPS) is 20.0. The number of fused-ring (bicyclic) bond motifs is 1. The smallest absolute Gasteiger partial charge is 0.414 e. The molecule has 0 spiro atoms. The fourth-order valence-corrected chi connectivity index (χ4v) is 3.13. The Morgan fingerprint density at radius 1 is 1.25 bits per heavy atom. The van der Waals surface area contributed by atoms with Crippen LogP contribution in [0, 0.1) is 5.92 Å². The van der Waals surface area contributed by atoms with Gasteiger partial charge in [0.05, 0.1) is 5.57 Å². The van der Waals surface area contributed by atoms with Crippen molar-refractivity contribution in [2.45, 2.75) is 25.1 Å². The first-order chi connectivity index (χ1) is 11.4. The summed E-state index contributed by atoms with van der Waals surface area (Å²) >= 11 is 0. The van der Waals surface area contributed by atoms with E-state index in [0.717, 1.165) is 5.56 Å². The maximum absolute atomic E-state index is 12.6. The van der Waals surface area contributed by atoms with Gasteiger partial charge >= 0.3 is 6.18 Å². The highest BCUT2D eigenvalue weighted by Gasteiger charge is 2.44. The van der Waals surface area contributed by atoms with E-state index >= 15 is 0 Å². The summed E-state index contributed by atoms with van der Waals surface area (Å²) in [4.78, 5) is 14.1. The van der Waals surface area contributed by atoms with Crippen molar-refractivity contribution < 1.29 is 27.8 Å². The summed E-state index contributed by atoms with van der Waals surface area (Å²) in [6, 6.07) is 7.34. The van der Waals surface area contributed by atoms with Gasteiger partial charge in [-0.25, -0.2) is 0 Å². The number of hydrogen-bond donors (Lipinski definition) is 1. The molecule has 1 atom stereocenters. The van der Waals surface area contributed by atoms with Crippen LogP contribution in [0.1, 0.15) is 18.4 Å². The molecule has 0 aromatic heterocycles. The summed E-state index contributed by atoms with van der Waals surface area (Å²) in [6.07, 6.45) is -4.90. The summed E-state index contributed by atoms with van der Waals surface area (Å²) in [5.41, 5.74) is 1.30.